The first-order chi connectivity index (χ1) is 6.33. The Morgan fingerprint density at radius 2 is 2.00 bits per heavy atom. The summed E-state index contributed by atoms with van der Waals surface area (Å²) in [6.45, 7) is -0.228. The Kier molecular flexibility index (Phi) is 5.47. The van der Waals surface area contributed by atoms with E-state index in [1.165, 1.54) is 0 Å². The molecule has 0 aliphatic heterocycles. The van der Waals surface area contributed by atoms with Crippen molar-refractivity contribution < 1.29 is 22.7 Å². The maximum absolute atomic E-state index is 11.6. The Morgan fingerprint density at radius 1 is 1.43 bits per heavy atom. The highest BCUT2D eigenvalue weighted by atomic mass is 19.4. The van der Waals surface area contributed by atoms with Crippen molar-refractivity contribution in [2.75, 3.05) is 13.2 Å². The van der Waals surface area contributed by atoms with Gasteiger partial charge >= 0.3 is 6.18 Å². The molecule has 1 amide bonds. The second kappa shape index (κ2) is 5.82. The Morgan fingerprint density at radius 3 is 2.43 bits per heavy atom. The van der Waals surface area contributed by atoms with Gasteiger partial charge in [-0.1, -0.05) is 0 Å². The van der Waals surface area contributed by atoms with Crippen molar-refractivity contribution in [3.63, 3.8) is 0 Å². The molecule has 7 heteroatoms. The molecule has 0 heterocycles. The molecule has 4 nitrogen and oxygen atoms in total. The first kappa shape index (κ1) is 13.2. The molecule has 0 saturated carbocycles. The Bertz CT molecular complexity index is 184. The van der Waals surface area contributed by atoms with E-state index in [4.69, 9.17) is 16.2 Å². The molecule has 0 aliphatic rings. The smallest absolute Gasteiger partial charge is 0.379 e. The van der Waals surface area contributed by atoms with Gasteiger partial charge in [-0.05, 0) is 6.42 Å². The summed E-state index contributed by atoms with van der Waals surface area (Å²) >= 11 is 0. The molecule has 0 spiro atoms. The average molecular weight is 214 g/mol. The predicted molar refractivity (Wildman–Crippen MR) is 43.3 cm³/mol. The second-order valence-corrected chi connectivity index (χ2v) is 2.80. The van der Waals surface area contributed by atoms with E-state index in [1.54, 1.807) is 0 Å². The third-order valence-electron chi connectivity index (χ3n) is 1.41. The molecule has 0 saturated heterocycles. The molecule has 0 bridgehead atoms. The standard InChI is InChI=1S/C7H13F3N2O2/c8-7(9,10)2-1-3-14-4-5(11)6(12)13/h5H,1-4,11H2,(H2,12,13). The summed E-state index contributed by atoms with van der Waals surface area (Å²) in [5.74, 6) is -0.735. The maximum Gasteiger partial charge on any atom is 0.389 e. The van der Waals surface area contributed by atoms with Crippen LogP contribution in [-0.2, 0) is 9.53 Å². The highest BCUT2D eigenvalue weighted by Gasteiger charge is 2.25. The summed E-state index contributed by atoms with van der Waals surface area (Å²) in [7, 11) is 0. The highest BCUT2D eigenvalue weighted by Crippen LogP contribution is 2.20. The van der Waals surface area contributed by atoms with Crippen LogP contribution in [0, 0.1) is 0 Å². The number of hydrogen-bond donors (Lipinski definition) is 2. The van der Waals surface area contributed by atoms with Gasteiger partial charge in [0, 0.05) is 13.0 Å². The minimum Gasteiger partial charge on any atom is -0.379 e. The fourth-order valence-electron chi connectivity index (χ4n) is 0.667. The van der Waals surface area contributed by atoms with E-state index in [9.17, 15) is 18.0 Å². The van der Waals surface area contributed by atoms with Gasteiger partial charge in [0.1, 0.15) is 6.04 Å². The van der Waals surface area contributed by atoms with Gasteiger partial charge in [0.25, 0.3) is 0 Å². The maximum atomic E-state index is 11.6. The van der Waals surface area contributed by atoms with Gasteiger partial charge in [-0.25, -0.2) is 0 Å². The lowest BCUT2D eigenvalue weighted by Gasteiger charge is -2.09. The zero-order chi connectivity index (χ0) is 11.2. The van der Waals surface area contributed by atoms with Crippen LogP contribution in [0.1, 0.15) is 12.8 Å². The van der Waals surface area contributed by atoms with Crippen molar-refractivity contribution in [1.82, 2.24) is 0 Å². The van der Waals surface area contributed by atoms with Crippen LogP contribution in [0.4, 0.5) is 13.2 Å². The lowest BCUT2D eigenvalue weighted by Crippen LogP contribution is -2.40. The lowest BCUT2D eigenvalue weighted by molar-refractivity contribution is -0.138. The third-order valence-corrected chi connectivity index (χ3v) is 1.41. The minimum atomic E-state index is -4.17. The SMILES string of the molecule is NC(=O)C(N)COCCCC(F)(F)F. The molecule has 1 atom stereocenters. The van der Waals surface area contributed by atoms with Gasteiger partial charge in [-0.15, -0.1) is 0 Å². The van der Waals surface area contributed by atoms with Gasteiger partial charge in [0.2, 0.25) is 5.91 Å². The van der Waals surface area contributed by atoms with Crippen LogP contribution in [0.2, 0.25) is 0 Å². The minimum absolute atomic E-state index is 0.0828. The summed E-state index contributed by atoms with van der Waals surface area (Å²) in [5, 5.41) is 0. The molecule has 84 valence electrons. The van der Waals surface area contributed by atoms with E-state index in [-0.39, 0.29) is 19.6 Å². The van der Waals surface area contributed by atoms with Crippen molar-refractivity contribution in [1.29, 1.82) is 0 Å². The number of nitrogens with two attached hydrogens (primary N) is 2. The van der Waals surface area contributed by atoms with E-state index in [1.807, 2.05) is 0 Å². The molecule has 0 aromatic carbocycles. The Balaban J connectivity index is 3.35. The topological polar surface area (TPSA) is 78.3 Å². The van der Waals surface area contributed by atoms with Crippen LogP contribution in [0.15, 0.2) is 0 Å². The number of halogens is 3. The third kappa shape index (κ3) is 7.81. The van der Waals surface area contributed by atoms with Crippen LogP contribution in [0.25, 0.3) is 0 Å². The number of carbonyl (C=O) groups is 1. The molecule has 0 fully saturated rings. The second-order valence-electron chi connectivity index (χ2n) is 2.80. The fraction of sp³-hybridized carbons (Fsp3) is 0.857. The Hall–Kier alpha value is -0.820. The van der Waals surface area contributed by atoms with E-state index in [0.717, 1.165) is 0 Å². The molecule has 4 N–H and O–H groups in total. The van der Waals surface area contributed by atoms with Crippen LogP contribution in [-0.4, -0.2) is 31.3 Å². The molecule has 14 heavy (non-hydrogen) atoms. The summed E-state index contributed by atoms with van der Waals surface area (Å²) in [6.07, 6.45) is -5.22. The number of primary amides is 1. The molecule has 1 unspecified atom stereocenters. The van der Waals surface area contributed by atoms with Crippen molar-refractivity contribution >= 4 is 5.91 Å². The van der Waals surface area contributed by atoms with E-state index >= 15 is 0 Å². The number of ether oxygens (including phenoxy) is 1. The van der Waals surface area contributed by atoms with E-state index < -0.39 is 24.5 Å². The van der Waals surface area contributed by atoms with Gasteiger partial charge in [-0.2, -0.15) is 13.2 Å². The number of rotatable bonds is 6. The van der Waals surface area contributed by atoms with Crippen LogP contribution in [0.3, 0.4) is 0 Å². The first-order valence-electron chi connectivity index (χ1n) is 4.02. The lowest BCUT2D eigenvalue weighted by atomic mass is 10.3. The number of carbonyl (C=O) groups excluding carboxylic acids is 1. The molecular weight excluding hydrogens is 201 g/mol. The number of amides is 1. The van der Waals surface area contributed by atoms with Gasteiger partial charge in [-0.3, -0.25) is 4.79 Å². The molecule has 0 aliphatic carbocycles. The normalized spacial score (nSPS) is 14.0. The molecule has 0 radical (unpaired) electrons. The first-order valence-corrected chi connectivity index (χ1v) is 4.02. The molecule has 0 aromatic heterocycles. The molecule has 0 rings (SSSR count). The summed E-state index contributed by atoms with van der Waals surface area (Å²) in [4.78, 5) is 10.4. The number of hydrogen-bond acceptors (Lipinski definition) is 3. The van der Waals surface area contributed by atoms with E-state index in [2.05, 4.69) is 0 Å². The van der Waals surface area contributed by atoms with Crippen molar-refractivity contribution in [2.24, 2.45) is 11.5 Å². The van der Waals surface area contributed by atoms with Gasteiger partial charge in [0.05, 0.1) is 6.61 Å². The van der Waals surface area contributed by atoms with Crippen LogP contribution < -0.4 is 11.5 Å². The Labute approximate surface area is 79.4 Å². The zero-order valence-electron chi connectivity index (χ0n) is 7.51. The van der Waals surface area contributed by atoms with Crippen molar-refractivity contribution in [3.8, 4) is 0 Å². The highest BCUT2D eigenvalue weighted by molar-refractivity contribution is 5.79. The predicted octanol–water partition coefficient (Wildman–Crippen LogP) is 0.158. The quantitative estimate of drug-likeness (QED) is 0.618. The van der Waals surface area contributed by atoms with E-state index in [0.29, 0.717) is 0 Å². The monoisotopic (exact) mass is 214 g/mol. The largest absolute Gasteiger partial charge is 0.389 e. The van der Waals surface area contributed by atoms with Crippen molar-refractivity contribution in [3.05, 3.63) is 0 Å². The number of alkyl halides is 3. The van der Waals surface area contributed by atoms with Crippen LogP contribution >= 0.6 is 0 Å². The summed E-state index contributed by atoms with van der Waals surface area (Å²) in [6, 6.07) is -0.958. The summed E-state index contributed by atoms with van der Waals surface area (Å²) in [5.41, 5.74) is 9.96. The summed E-state index contributed by atoms with van der Waals surface area (Å²) < 4.78 is 39.6. The van der Waals surface area contributed by atoms with Gasteiger partial charge in [0.15, 0.2) is 0 Å². The molecule has 0 aromatic rings. The average Bonchev–Trinajstić information content (AvgIpc) is 2.01. The fourth-order valence-corrected chi connectivity index (χ4v) is 0.667. The van der Waals surface area contributed by atoms with Crippen molar-refractivity contribution in [2.45, 2.75) is 25.1 Å². The van der Waals surface area contributed by atoms with Crippen LogP contribution in [0.5, 0.6) is 0 Å². The zero-order valence-corrected chi connectivity index (χ0v) is 7.51. The molecular formula is C7H13F3N2O2. The van der Waals surface area contributed by atoms with Gasteiger partial charge < -0.3 is 16.2 Å².